The number of benzene rings is 2. The van der Waals surface area contributed by atoms with Gasteiger partial charge in [0.1, 0.15) is 4.90 Å². The van der Waals surface area contributed by atoms with Crippen LogP contribution < -0.4 is 5.32 Å². The molecule has 5 nitrogen and oxygen atoms in total. The van der Waals surface area contributed by atoms with E-state index in [1.807, 2.05) is 26.0 Å². The molecule has 7 heteroatoms. The van der Waals surface area contributed by atoms with Crippen molar-refractivity contribution < 1.29 is 13.2 Å². The topological polar surface area (TPSA) is 66.5 Å². The standard InChI is InChI=1S/C19H21ClN2O3S/c1-13-5-6-15(11-14(13)2)19(23)21-16-7-8-17(20)18(12-16)26(24,25)22-9-3-4-10-22/h5-8,11-12H,3-4,9-10H2,1-2H3,(H,21,23). The Morgan fingerprint density at radius 3 is 2.38 bits per heavy atom. The number of carbonyl (C=O) groups excluding carboxylic acids is 1. The van der Waals surface area contributed by atoms with Crippen LogP contribution in [0.1, 0.15) is 34.3 Å². The lowest BCUT2D eigenvalue weighted by Crippen LogP contribution is -2.28. The van der Waals surface area contributed by atoms with Gasteiger partial charge in [0.25, 0.3) is 5.91 Å². The molecule has 0 aliphatic carbocycles. The number of halogens is 1. The van der Waals surface area contributed by atoms with Crippen molar-refractivity contribution in [3.8, 4) is 0 Å². The maximum absolute atomic E-state index is 12.8. The lowest BCUT2D eigenvalue weighted by Gasteiger charge is -2.17. The highest BCUT2D eigenvalue weighted by Crippen LogP contribution is 2.29. The average molecular weight is 393 g/mol. The summed E-state index contributed by atoms with van der Waals surface area (Å²) in [5, 5.41) is 2.91. The maximum atomic E-state index is 12.8. The van der Waals surface area contributed by atoms with Crippen molar-refractivity contribution in [1.29, 1.82) is 0 Å². The number of anilines is 1. The molecule has 0 spiro atoms. The van der Waals surface area contributed by atoms with Gasteiger partial charge in [-0.25, -0.2) is 8.42 Å². The largest absolute Gasteiger partial charge is 0.322 e. The molecule has 3 rings (SSSR count). The highest BCUT2D eigenvalue weighted by molar-refractivity contribution is 7.89. The Morgan fingerprint density at radius 2 is 1.73 bits per heavy atom. The van der Waals surface area contributed by atoms with Gasteiger partial charge in [-0.2, -0.15) is 4.31 Å². The van der Waals surface area contributed by atoms with E-state index in [-0.39, 0.29) is 15.8 Å². The molecule has 0 aromatic heterocycles. The molecule has 1 heterocycles. The first-order valence-corrected chi connectivity index (χ1v) is 10.3. The number of rotatable bonds is 4. The molecule has 2 aromatic carbocycles. The van der Waals surface area contributed by atoms with E-state index in [1.165, 1.54) is 16.4 Å². The van der Waals surface area contributed by atoms with Gasteiger partial charge in [-0.05, 0) is 68.1 Å². The van der Waals surface area contributed by atoms with Crippen LogP contribution in [0.3, 0.4) is 0 Å². The third-order valence-electron chi connectivity index (χ3n) is 4.64. The molecule has 0 bridgehead atoms. The molecule has 0 unspecified atom stereocenters. The smallest absolute Gasteiger partial charge is 0.255 e. The molecule has 1 aliphatic heterocycles. The van der Waals surface area contributed by atoms with Gasteiger partial charge in [0, 0.05) is 24.3 Å². The minimum atomic E-state index is -3.65. The van der Waals surface area contributed by atoms with Crippen molar-refractivity contribution in [3.05, 3.63) is 58.1 Å². The van der Waals surface area contributed by atoms with Gasteiger partial charge in [-0.1, -0.05) is 17.7 Å². The number of amides is 1. The molecule has 2 aromatic rings. The van der Waals surface area contributed by atoms with Crippen LogP contribution in [0.15, 0.2) is 41.3 Å². The van der Waals surface area contributed by atoms with Gasteiger partial charge >= 0.3 is 0 Å². The van der Waals surface area contributed by atoms with E-state index in [9.17, 15) is 13.2 Å². The van der Waals surface area contributed by atoms with Crippen molar-refractivity contribution in [2.75, 3.05) is 18.4 Å². The number of hydrogen-bond donors (Lipinski definition) is 1. The summed E-state index contributed by atoms with van der Waals surface area (Å²) < 4.78 is 27.0. The summed E-state index contributed by atoms with van der Waals surface area (Å²) in [6, 6.07) is 9.97. The summed E-state index contributed by atoms with van der Waals surface area (Å²) in [5.41, 5.74) is 3.04. The van der Waals surface area contributed by atoms with Gasteiger partial charge in [-0.15, -0.1) is 0 Å². The Balaban J connectivity index is 1.87. The summed E-state index contributed by atoms with van der Waals surface area (Å²) >= 11 is 6.13. The van der Waals surface area contributed by atoms with Crippen LogP contribution in [0.5, 0.6) is 0 Å². The zero-order valence-corrected chi connectivity index (χ0v) is 16.3. The first-order valence-electron chi connectivity index (χ1n) is 8.47. The van der Waals surface area contributed by atoms with Crippen LogP contribution in [-0.4, -0.2) is 31.7 Å². The van der Waals surface area contributed by atoms with Crippen LogP contribution in [-0.2, 0) is 10.0 Å². The molecule has 26 heavy (non-hydrogen) atoms. The van der Waals surface area contributed by atoms with E-state index >= 15 is 0 Å². The number of nitrogens with zero attached hydrogens (tertiary/aromatic N) is 1. The van der Waals surface area contributed by atoms with Crippen molar-refractivity contribution in [2.24, 2.45) is 0 Å². The monoisotopic (exact) mass is 392 g/mol. The quantitative estimate of drug-likeness (QED) is 0.855. The molecule has 1 N–H and O–H groups in total. The van der Waals surface area contributed by atoms with Crippen LogP contribution in [0.2, 0.25) is 5.02 Å². The van der Waals surface area contributed by atoms with Crippen molar-refractivity contribution in [2.45, 2.75) is 31.6 Å². The first kappa shape index (κ1) is 18.9. The molecule has 138 valence electrons. The molecule has 1 amide bonds. The Kier molecular flexibility index (Phi) is 5.37. The minimum absolute atomic E-state index is 0.0268. The van der Waals surface area contributed by atoms with Gasteiger partial charge in [0.15, 0.2) is 0 Å². The van der Waals surface area contributed by atoms with E-state index in [1.54, 1.807) is 12.1 Å². The van der Waals surface area contributed by atoms with Crippen LogP contribution in [0.25, 0.3) is 0 Å². The molecular weight excluding hydrogens is 372 g/mol. The Hall–Kier alpha value is -1.89. The van der Waals surface area contributed by atoms with Crippen LogP contribution in [0, 0.1) is 13.8 Å². The van der Waals surface area contributed by atoms with Crippen molar-refractivity contribution >= 4 is 33.2 Å². The number of hydrogen-bond acceptors (Lipinski definition) is 3. The molecule has 1 saturated heterocycles. The fourth-order valence-electron chi connectivity index (χ4n) is 2.93. The second kappa shape index (κ2) is 7.39. The van der Waals surface area contributed by atoms with E-state index in [0.29, 0.717) is 24.3 Å². The van der Waals surface area contributed by atoms with Gasteiger partial charge in [-0.3, -0.25) is 4.79 Å². The number of carbonyl (C=O) groups is 1. The maximum Gasteiger partial charge on any atom is 0.255 e. The summed E-state index contributed by atoms with van der Waals surface area (Å²) in [4.78, 5) is 12.5. The highest BCUT2D eigenvalue weighted by Gasteiger charge is 2.29. The Morgan fingerprint density at radius 1 is 1.04 bits per heavy atom. The average Bonchev–Trinajstić information content (AvgIpc) is 3.14. The zero-order valence-electron chi connectivity index (χ0n) is 14.8. The van der Waals surface area contributed by atoms with Gasteiger partial charge in [0.05, 0.1) is 5.02 Å². The summed E-state index contributed by atoms with van der Waals surface area (Å²) in [5.74, 6) is -0.292. The second-order valence-electron chi connectivity index (χ2n) is 6.51. The number of nitrogens with one attached hydrogen (secondary N) is 1. The first-order chi connectivity index (χ1) is 12.3. The van der Waals surface area contributed by atoms with Gasteiger partial charge in [0.2, 0.25) is 10.0 Å². The Labute approximate surface area is 159 Å². The molecular formula is C19H21ClN2O3S. The van der Waals surface area contributed by atoms with E-state index in [4.69, 9.17) is 11.6 Å². The van der Waals surface area contributed by atoms with E-state index in [2.05, 4.69) is 5.32 Å². The normalized spacial score (nSPS) is 15.2. The second-order valence-corrected chi connectivity index (χ2v) is 8.82. The predicted octanol–water partition coefficient (Wildman–Crippen LogP) is 3.99. The third-order valence-corrected chi connectivity index (χ3v) is 7.02. The van der Waals surface area contributed by atoms with Crippen LogP contribution >= 0.6 is 11.6 Å². The predicted molar refractivity (Wildman–Crippen MR) is 103 cm³/mol. The third kappa shape index (κ3) is 3.77. The highest BCUT2D eigenvalue weighted by atomic mass is 35.5. The fraction of sp³-hybridized carbons (Fsp3) is 0.316. The zero-order chi connectivity index (χ0) is 18.9. The van der Waals surface area contributed by atoms with Gasteiger partial charge < -0.3 is 5.32 Å². The van der Waals surface area contributed by atoms with Crippen molar-refractivity contribution in [1.82, 2.24) is 4.31 Å². The molecule has 1 fully saturated rings. The lowest BCUT2D eigenvalue weighted by molar-refractivity contribution is 0.102. The van der Waals surface area contributed by atoms with E-state index in [0.717, 1.165) is 24.0 Å². The SMILES string of the molecule is Cc1ccc(C(=O)Nc2ccc(Cl)c(S(=O)(=O)N3CCCC3)c2)cc1C. The fourth-order valence-corrected chi connectivity index (χ4v) is 4.95. The number of aryl methyl sites for hydroxylation is 2. The summed E-state index contributed by atoms with van der Waals surface area (Å²) in [6.45, 7) is 4.91. The molecule has 0 saturated carbocycles. The van der Waals surface area contributed by atoms with Crippen LogP contribution in [0.4, 0.5) is 5.69 Å². The Bertz CT molecular complexity index is 951. The molecule has 0 atom stereocenters. The number of sulfonamides is 1. The van der Waals surface area contributed by atoms with Crippen molar-refractivity contribution in [3.63, 3.8) is 0 Å². The summed E-state index contributed by atoms with van der Waals surface area (Å²) in [6.07, 6.45) is 1.69. The molecule has 0 radical (unpaired) electrons. The molecule has 1 aliphatic rings. The summed E-state index contributed by atoms with van der Waals surface area (Å²) in [7, 11) is -3.65. The minimum Gasteiger partial charge on any atom is -0.322 e. The lowest BCUT2D eigenvalue weighted by atomic mass is 10.1. The van der Waals surface area contributed by atoms with E-state index < -0.39 is 10.0 Å².